The molecule has 17 heavy (non-hydrogen) atoms. The van der Waals surface area contributed by atoms with Crippen LogP contribution in [-0.4, -0.2) is 18.9 Å². The van der Waals surface area contributed by atoms with Gasteiger partial charge in [-0.25, -0.2) is 4.79 Å². The van der Waals surface area contributed by atoms with E-state index in [2.05, 4.69) is 23.2 Å². The summed E-state index contributed by atoms with van der Waals surface area (Å²) in [6, 6.07) is 6.29. The van der Waals surface area contributed by atoms with Crippen molar-refractivity contribution in [3.63, 3.8) is 0 Å². The van der Waals surface area contributed by atoms with E-state index in [1.165, 1.54) is 7.11 Å². The molecule has 1 aromatic carbocycles. The van der Waals surface area contributed by atoms with Crippen LogP contribution in [0.2, 0.25) is 5.02 Å². The molecule has 0 radical (unpaired) electrons. The first kappa shape index (κ1) is 13.0. The zero-order chi connectivity index (χ0) is 12.8. The van der Waals surface area contributed by atoms with E-state index in [1.807, 2.05) is 0 Å². The van der Waals surface area contributed by atoms with Crippen molar-refractivity contribution >= 4 is 23.4 Å². The molecule has 3 nitrogen and oxygen atoms in total. The summed E-state index contributed by atoms with van der Waals surface area (Å²) in [6.45, 7) is 3.38. The van der Waals surface area contributed by atoms with Gasteiger partial charge in [0.25, 0.3) is 0 Å². The first-order chi connectivity index (χ1) is 8.04. The van der Waals surface area contributed by atoms with Crippen molar-refractivity contribution < 1.29 is 14.3 Å². The summed E-state index contributed by atoms with van der Waals surface area (Å²) < 4.78 is 4.40. The Morgan fingerprint density at radius 3 is 2.35 bits per heavy atom. The molecule has 0 atom stereocenters. The molecule has 0 aromatic heterocycles. The second kappa shape index (κ2) is 5.88. The second-order valence-electron chi connectivity index (χ2n) is 3.06. The Kier molecular flexibility index (Phi) is 4.50. The van der Waals surface area contributed by atoms with Gasteiger partial charge in [0.1, 0.15) is 5.57 Å². The minimum Gasteiger partial charge on any atom is -0.465 e. The van der Waals surface area contributed by atoms with Gasteiger partial charge in [0.05, 0.1) is 7.11 Å². The fraction of sp³-hybridized carbons (Fsp3) is 0.0769. The van der Waals surface area contributed by atoms with Gasteiger partial charge in [-0.05, 0) is 30.2 Å². The van der Waals surface area contributed by atoms with E-state index in [0.717, 1.165) is 0 Å². The van der Waals surface area contributed by atoms with Crippen molar-refractivity contribution in [2.24, 2.45) is 0 Å². The van der Waals surface area contributed by atoms with E-state index in [1.54, 1.807) is 24.3 Å². The van der Waals surface area contributed by atoms with Gasteiger partial charge >= 0.3 is 5.97 Å². The number of esters is 1. The molecule has 0 spiro atoms. The molecule has 0 aliphatic carbocycles. The molecular formula is C13H9ClO3. The van der Waals surface area contributed by atoms with Gasteiger partial charge < -0.3 is 4.74 Å². The quantitative estimate of drug-likeness (QED) is 0.265. The number of methoxy groups -OCH3 is 1. The number of benzene rings is 1. The number of carbonyl (C=O) groups is 2. The standard InChI is InChI=1S/C13H9ClO3/c1-9(13(16)17-2)3-8-12(15)10-4-6-11(14)7-5-10/h4-7H,1H2,2H3. The van der Waals surface area contributed by atoms with E-state index in [9.17, 15) is 9.59 Å². The van der Waals surface area contributed by atoms with Crippen molar-refractivity contribution in [1.29, 1.82) is 0 Å². The highest BCUT2D eigenvalue weighted by Gasteiger charge is 2.04. The van der Waals surface area contributed by atoms with E-state index in [0.29, 0.717) is 10.6 Å². The van der Waals surface area contributed by atoms with Crippen LogP contribution >= 0.6 is 11.6 Å². The summed E-state index contributed by atoms with van der Waals surface area (Å²) in [6.07, 6.45) is 0. The summed E-state index contributed by atoms with van der Waals surface area (Å²) in [4.78, 5) is 22.5. The Balaban J connectivity index is 2.80. The number of hydrogen-bond donors (Lipinski definition) is 0. The van der Waals surface area contributed by atoms with E-state index >= 15 is 0 Å². The van der Waals surface area contributed by atoms with Crippen LogP contribution in [0.3, 0.4) is 0 Å². The predicted molar refractivity (Wildman–Crippen MR) is 64.7 cm³/mol. The molecule has 1 aromatic rings. The highest BCUT2D eigenvalue weighted by molar-refractivity contribution is 6.30. The smallest absolute Gasteiger partial charge is 0.345 e. The Morgan fingerprint density at radius 1 is 1.24 bits per heavy atom. The van der Waals surface area contributed by atoms with Gasteiger partial charge in [-0.2, -0.15) is 0 Å². The number of hydrogen-bond acceptors (Lipinski definition) is 3. The lowest BCUT2D eigenvalue weighted by Crippen LogP contribution is -2.02. The van der Waals surface area contributed by atoms with Crippen LogP contribution in [0.1, 0.15) is 10.4 Å². The average molecular weight is 249 g/mol. The normalized spacial score (nSPS) is 8.82. The lowest BCUT2D eigenvalue weighted by Gasteiger charge is -1.94. The number of rotatable bonds is 2. The SMILES string of the molecule is C=C(C#CC(=O)c1ccc(Cl)cc1)C(=O)OC. The van der Waals surface area contributed by atoms with Crippen LogP contribution in [0, 0.1) is 11.8 Å². The second-order valence-corrected chi connectivity index (χ2v) is 3.49. The molecule has 0 saturated carbocycles. The minimum absolute atomic E-state index is 0.0604. The van der Waals surface area contributed by atoms with E-state index in [4.69, 9.17) is 11.6 Å². The fourth-order valence-electron chi connectivity index (χ4n) is 0.980. The monoisotopic (exact) mass is 248 g/mol. The summed E-state index contributed by atoms with van der Waals surface area (Å²) in [7, 11) is 1.22. The molecule has 0 amide bonds. The Labute approximate surface area is 104 Å². The first-order valence-electron chi connectivity index (χ1n) is 4.63. The third-order valence-corrected chi connectivity index (χ3v) is 2.12. The predicted octanol–water partition coefficient (Wildman–Crippen LogP) is 2.26. The molecule has 0 saturated heterocycles. The zero-order valence-electron chi connectivity index (χ0n) is 9.12. The van der Waals surface area contributed by atoms with Gasteiger partial charge in [0.15, 0.2) is 0 Å². The summed E-state index contributed by atoms with van der Waals surface area (Å²) in [5, 5.41) is 0.536. The van der Waals surface area contributed by atoms with Gasteiger partial charge in [-0.15, -0.1) is 0 Å². The molecule has 0 heterocycles. The molecule has 86 valence electrons. The molecule has 4 heteroatoms. The van der Waals surface area contributed by atoms with Crippen LogP contribution < -0.4 is 0 Å². The molecule has 0 fully saturated rings. The Bertz CT molecular complexity index is 518. The number of halogens is 1. The number of ketones is 1. The topological polar surface area (TPSA) is 43.4 Å². The maximum atomic E-state index is 11.6. The Hall–Kier alpha value is -2.05. The molecule has 0 unspecified atom stereocenters. The number of ether oxygens (including phenoxy) is 1. The van der Waals surface area contributed by atoms with E-state index < -0.39 is 11.8 Å². The number of Topliss-reactive ketones (excluding diaryl/α,β-unsaturated/α-hetero) is 1. The van der Waals surface area contributed by atoms with Crippen molar-refractivity contribution in [2.45, 2.75) is 0 Å². The van der Waals surface area contributed by atoms with Gasteiger partial charge in [-0.1, -0.05) is 24.1 Å². The molecule has 0 aliphatic rings. The van der Waals surface area contributed by atoms with Crippen LogP contribution in [0.15, 0.2) is 36.4 Å². The zero-order valence-corrected chi connectivity index (χ0v) is 9.88. The van der Waals surface area contributed by atoms with Crippen molar-refractivity contribution in [3.8, 4) is 11.8 Å². The van der Waals surface area contributed by atoms with Crippen molar-refractivity contribution in [1.82, 2.24) is 0 Å². The average Bonchev–Trinajstić information content (AvgIpc) is 2.35. The first-order valence-corrected chi connectivity index (χ1v) is 5.01. The lowest BCUT2D eigenvalue weighted by atomic mass is 10.1. The molecule has 1 rings (SSSR count). The highest BCUT2D eigenvalue weighted by atomic mass is 35.5. The maximum Gasteiger partial charge on any atom is 0.345 e. The maximum absolute atomic E-state index is 11.6. The van der Waals surface area contributed by atoms with Gasteiger partial charge in [0.2, 0.25) is 5.78 Å². The molecular weight excluding hydrogens is 240 g/mol. The van der Waals surface area contributed by atoms with Gasteiger partial charge in [-0.3, -0.25) is 4.79 Å². The summed E-state index contributed by atoms with van der Waals surface area (Å²) in [5.74, 6) is 3.58. The molecule has 0 bridgehead atoms. The van der Waals surface area contributed by atoms with Crippen LogP contribution in [0.5, 0.6) is 0 Å². The van der Waals surface area contributed by atoms with Crippen LogP contribution in [0.25, 0.3) is 0 Å². The fourth-order valence-corrected chi connectivity index (χ4v) is 1.11. The van der Waals surface area contributed by atoms with Gasteiger partial charge in [0, 0.05) is 10.6 Å². The van der Waals surface area contributed by atoms with Crippen molar-refractivity contribution in [2.75, 3.05) is 7.11 Å². The molecule has 0 aliphatic heterocycles. The minimum atomic E-state index is -0.651. The lowest BCUT2D eigenvalue weighted by molar-refractivity contribution is -0.135. The number of carbonyl (C=O) groups excluding carboxylic acids is 2. The third kappa shape index (κ3) is 3.78. The molecule has 0 N–H and O–H groups in total. The van der Waals surface area contributed by atoms with Crippen molar-refractivity contribution in [3.05, 3.63) is 47.0 Å². The van der Waals surface area contributed by atoms with E-state index in [-0.39, 0.29) is 5.57 Å². The largest absolute Gasteiger partial charge is 0.465 e. The van der Waals surface area contributed by atoms with Crippen LogP contribution in [-0.2, 0) is 9.53 Å². The summed E-state index contributed by atoms with van der Waals surface area (Å²) in [5.41, 5.74) is 0.342. The summed E-state index contributed by atoms with van der Waals surface area (Å²) >= 11 is 5.68. The third-order valence-electron chi connectivity index (χ3n) is 1.87. The highest BCUT2D eigenvalue weighted by Crippen LogP contribution is 2.09. The van der Waals surface area contributed by atoms with Crippen LogP contribution in [0.4, 0.5) is 0 Å². The Morgan fingerprint density at radius 2 is 1.82 bits per heavy atom.